The minimum atomic E-state index is -0.214. The molecule has 0 fully saturated rings. The molecule has 0 unspecified atom stereocenters. The summed E-state index contributed by atoms with van der Waals surface area (Å²) in [6, 6.07) is 19.5. The molecule has 3 heterocycles. The topological polar surface area (TPSA) is 111 Å². The number of anilines is 2. The molecule has 0 bridgehead atoms. The molecule has 41 heavy (non-hydrogen) atoms. The number of nitrogen functional groups attached to an aromatic ring is 1. The van der Waals surface area contributed by atoms with E-state index >= 15 is 0 Å². The van der Waals surface area contributed by atoms with E-state index < -0.39 is 0 Å². The minimum absolute atomic E-state index is 0.214. The standard InChI is InChI=1S/C32H33N7O2/c1-19(2)32(40)37-25-15-12-22(16-23(25)17-38(4)5)29-27(28-30(33)34-18-35-31(28)39(29)6)21-10-13-24(14-11-21)41-26-9-7-8-20(3)36-26/h7-16,18H,1,17H2,2-6H3,(H,37,40)(H2,33,34,35). The summed E-state index contributed by atoms with van der Waals surface area (Å²) < 4.78 is 8.02. The van der Waals surface area contributed by atoms with E-state index in [1.54, 1.807) is 6.92 Å². The molecular formula is C32H33N7O2. The summed E-state index contributed by atoms with van der Waals surface area (Å²) in [6.45, 7) is 8.01. The second-order valence-corrected chi connectivity index (χ2v) is 10.3. The third-order valence-corrected chi connectivity index (χ3v) is 6.73. The molecule has 5 aromatic rings. The zero-order valence-electron chi connectivity index (χ0n) is 23.9. The molecule has 0 aliphatic heterocycles. The van der Waals surface area contributed by atoms with Gasteiger partial charge in [0, 0.05) is 42.2 Å². The van der Waals surface area contributed by atoms with Crippen molar-refractivity contribution in [3.05, 3.63) is 90.4 Å². The number of nitrogens with zero attached hydrogens (tertiary/aromatic N) is 5. The molecule has 0 radical (unpaired) electrons. The van der Waals surface area contributed by atoms with Crippen LogP contribution in [-0.2, 0) is 18.4 Å². The van der Waals surface area contributed by atoms with Crippen LogP contribution in [0.15, 0.2) is 79.1 Å². The average molecular weight is 548 g/mol. The van der Waals surface area contributed by atoms with Gasteiger partial charge in [0.1, 0.15) is 23.5 Å². The van der Waals surface area contributed by atoms with Gasteiger partial charge in [-0.25, -0.2) is 15.0 Å². The van der Waals surface area contributed by atoms with E-state index in [1.165, 1.54) is 6.33 Å². The first-order valence-corrected chi connectivity index (χ1v) is 13.2. The predicted molar refractivity (Wildman–Crippen MR) is 164 cm³/mol. The highest BCUT2D eigenvalue weighted by atomic mass is 16.5. The number of pyridine rings is 1. The second-order valence-electron chi connectivity index (χ2n) is 10.3. The Bertz CT molecular complexity index is 1770. The first kappa shape index (κ1) is 27.5. The summed E-state index contributed by atoms with van der Waals surface area (Å²) in [5.41, 5.74) is 13.9. The van der Waals surface area contributed by atoms with Crippen LogP contribution in [0.4, 0.5) is 11.5 Å². The third-order valence-electron chi connectivity index (χ3n) is 6.73. The quantitative estimate of drug-likeness (QED) is 0.231. The maximum atomic E-state index is 12.4. The Hall–Kier alpha value is -5.02. The molecule has 5 rings (SSSR count). The van der Waals surface area contributed by atoms with Crippen molar-refractivity contribution >= 4 is 28.4 Å². The number of fused-ring (bicyclic) bond motifs is 1. The molecule has 9 heteroatoms. The number of amides is 1. The Kier molecular flexibility index (Phi) is 7.54. The van der Waals surface area contributed by atoms with Gasteiger partial charge in [-0.1, -0.05) is 30.8 Å². The first-order valence-electron chi connectivity index (χ1n) is 13.2. The lowest BCUT2D eigenvalue weighted by Gasteiger charge is -2.18. The summed E-state index contributed by atoms with van der Waals surface area (Å²) in [5, 5.41) is 3.76. The number of nitrogens with one attached hydrogen (secondary N) is 1. The van der Waals surface area contributed by atoms with Crippen molar-refractivity contribution in [2.75, 3.05) is 25.1 Å². The van der Waals surface area contributed by atoms with Crippen LogP contribution in [-0.4, -0.2) is 44.4 Å². The van der Waals surface area contributed by atoms with Crippen molar-refractivity contribution in [2.45, 2.75) is 20.4 Å². The summed E-state index contributed by atoms with van der Waals surface area (Å²) in [5.74, 6) is 1.39. The number of carbonyl (C=O) groups is 1. The van der Waals surface area contributed by atoms with Crippen LogP contribution in [0.5, 0.6) is 11.6 Å². The predicted octanol–water partition coefficient (Wildman–Crippen LogP) is 5.96. The van der Waals surface area contributed by atoms with E-state index in [9.17, 15) is 4.79 Å². The molecule has 0 saturated heterocycles. The number of hydrogen-bond donors (Lipinski definition) is 2. The maximum absolute atomic E-state index is 12.4. The van der Waals surface area contributed by atoms with Crippen LogP contribution in [0.1, 0.15) is 18.2 Å². The van der Waals surface area contributed by atoms with E-state index in [2.05, 4.69) is 37.8 Å². The van der Waals surface area contributed by atoms with E-state index in [-0.39, 0.29) is 5.91 Å². The number of carbonyl (C=O) groups excluding carboxylic acids is 1. The van der Waals surface area contributed by atoms with Gasteiger partial charge in [-0.05, 0) is 75.0 Å². The third kappa shape index (κ3) is 5.66. The minimum Gasteiger partial charge on any atom is -0.439 e. The van der Waals surface area contributed by atoms with Crippen LogP contribution in [0.2, 0.25) is 0 Å². The van der Waals surface area contributed by atoms with E-state index in [1.807, 2.05) is 87.2 Å². The zero-order chi connectivity index (χ0) is 29.3. The summed E-state index contributed by atoms with van der Waals surface area (Å²) in [7, 11) is 5.95. The Labute approximate surface area is 239 Å². The number of hydrogen-bond acceptors (Lipinski definition) is 7. The molecule has 0 aliphatic carbocycles. The van der Waals surface area contributed by atoms with Crippen molar-refractivity contribution in [3.8, 4) is 34.0 Å². The van der Waals surface area contributed by atoms with Gasteiger partial charge >= 0.3 is 0 Å². The highest BCUT2D eigenvalue weighted by molar-refractivity contribution is 6.08. The van der Waals surface area contributed by atoms with Crippen molar-refractivity contribution in [1.29, 1.82) is 0 Å². The number of benzene rings is 2. The fourth-order valence-corrected chi connectivity index (χ4v) is 4.84. The molecule has 9 nitrogen and oxygen atoms in total. The summed E-state index contributed by atoms with van der Waals surface area (Å²) >= 11 is 0. The van der Waals surface area contributed by atoms with Gasteiger partial charge in [-0.15, -0.1) is 0 Å². The highest BCUT2D eigenvalue weighted by Gasteiger charge is 2.23. The Morgan fingerprint density at radius 2 is 1.80 bits per heavy atom. The number of aromatic nitrogens is 4. The summed E-state index contributed by atoms with van der Waals surface area (Å²) in [4.78, 5) is 27.8. The lowest BCUT2D eigenvalue weighted by atomic mass is 9.97. The largest absolute Gasteiger partial charge is 0.439 e. The molecule has 0 aliphatic rings. The SMILES string of the molecule is C=C(C)C(=O)Nc1ccc(-c2c(-c3ccc(Oc4cccc(C)n4)cc3)c3c(N)ncnc3n2C)cc1CN(C)C. The van der Waals surface area contributed by atoms with Crippen LogP contribution >= 0.6 is 0 Å². The Morgan fingerprint density at radius 3 is 2.49 bits per heavy atom. The molecule has 1 amide bonds. The molecule has 0 spiro atoms. The van der Waals surface area contributed by atoms with E-state index in [0.717, 1.165) is 50.4 Å². The molecule has 3 aromatic heterocycles. The van der Waals surface area contributed by atoms with Crippen LogP contribution in [0.25, 0.3) is 33.4 Å². The van der Waals surface area contributed by atoms with Gasteiger partial charge in [0.25, 0.3) is 5.91 Å². The highest BCUT2D eigenvalue weighted by Crippen LogP contribution is 2.42. The lowest BCUT2D eigenvalue weighted by molar-refractivity contribution is -0.112. The number of nitrogens with two attached hydrogens (primary N) is 1. The van der Waals surface area contributed by atoms with Gasteiger partial charge in [0.15, 0.2) is 0 Å². The van der Waals surface area contributed by atoms with Crippen molar-refractivity contribution in [2.24, 2.45) is 7.05 Å². The van der Waals surface area contributed by atoms with Crippen LogP contribution in [0, 0.1) is 6.92 Å². The molecule has 2 aromatic carbocycles. The molecule has 208 valence electrons. The Balaban J connectivity index is 1.64. The first-order chi connectivity index (χ1) is 19.6. The smallest absolute Gasteiger partial charge is 0.250 e. The number of rotatable bonds is 8. The fraction of sp³-hybridized carbons (Fsp3) is 0.188. The summed E-state index contributed by atoms with van der Waals surface area (Å²) in [6.07, 6.45) is 1.48. The molecular weight excluding hydrogens is 514 g/mol. The van der Waals surface area contributed by atoms with Crippen molar-refractivity contribution in [1.82, 2.24) is 24.4 Å². The van der Waals surface area contributed by atoms with Gasteiger partial charge in [-0.3, -0.25) is 4.79 Å². The van der Waals surface area contributed by atoms with Gasteiger partial charge in [-0.2, -0.15) is 0 Å². The van der Waals surface area contributed by atoms with E-state index in [0.29, 0.717) is 29.6 Å². The molecule has 0 saturated carbocycles. The van der Waals surface area contributed by atoms with E-state index in [4.69, 9.17) is 10.5 Å². The fourth-order valence-electron chi connectivity index (χ4n) is 4.84. The molecule has 0 atom stereocenters. The van der Waals surface area contributed by atoms with Gasteiger partial charge in [0.05, 0.1) is 11.1 Å². The number of ether oxygens (including phenoxy) is 1. The maximum Gasteiger partial charge on any atom is 0.250 e. The molecule has 3 N–H and O–H groups in total. The van der Waals surface area contributed by atoms with Gasteiger partial charge in [0.2, 0.25) is 5.88 Å². The van der Waals surface area contributed by atoms with Crippen LogP contribution in [0.3, 0.4) is 0 Å². The average Bonchev–Trinajstić information content (AvgIpc) is 3.23. The monoisotopic (exact) mass is 547 g/mol. The van der Waals surface area contributed by atoms with Crippen LogP contribution < -0.4 is 15.8 Å². The Morgan fingerprint density at radius 1 is 1.07 bits per heavy atom. The second kappa shape index (κ2) is 11.2. The van der Waals surface area contributed by atoms with Gasteiger partial charge < -0.3 is 25.3 Å². The zero-order valence-corrected chi connectivity index (χ0v) is 23.9. The van der Waals surface area contributed by atoms with Crippen molar-refractivity contribution < 1.29 is 9.53 Å². The lowest BCUT2D eigenvalue weighted by Crippen LogP contribution is -2.17. The normalized spacial score (nSPS) is 11.2. The number of aryl methyl sites for hydroxylation is 2. The van der Waals surface area contributed by atoms with Crippen molar-refractivity contribution in [3.63, 3.8) is 0 Å².